The van der Waals surface area contributed by atoms with Crippen LogP contribution in [0.4, 0.5) is 5.69 Å². The molecule has 0 bridgehead atoms. The Morgan fingerprint density at radius 2 is 1.81 bits per heavy atom. The molecule has 1 aromatic rings. The lowest BCUT2D eigenvalue weighted by atomic mass is 9.98. The van der Waals surface area contributed by atoms with Gasteiger partial charge in [0.1, 0.15) is 5.75 Å². The molecule has 32 heavy (non-hydrogen) atoms. The summed E-state index contributed by atoms with van der Waals surface area (Å²) < 4.78 is 5.97. The van der Waals surface area contributed by atoms with Crippen LogP contribution in [0.2, 0.25) is 0 Å². The third-order valence-electron chi connectivity index (χ3n) is 5.98. The standard InChI is InChI=1S/C27H47N3O2/c1-20(2)14-16-30(22-10-12-24(13-11-22)32-19-27(5,6)7)23-9-8-15-29(18-23)26(31)25(28)17-21(3)4/h10-13,20-21,23,25H,8-9,14-19,28H2,1-7H3/t23-,25?/m0/s1. The van der Waals surface area contributed by atoms with Crippen molar-refractivity contribution in [3.63, 3.8) is 0 Å². The van der Waals surface area contributed by atoms with Crippen molar-refractivity contribution in [3.05, 3.63) is 24.3 Å². The van der Waals surface area contributed by atoms with E-state index in [1.165, 1.54) is 5.69 Å². The van der Waals surface area contributed by atoms with E-state index in [1.54, 1.807) is 0 Å². The van der Waals surface area contributed by atoms with Crippen LogP contribution in [0, 0.1) is 17.3 Å². The molecule has 1 aliphatic heterocycles. The van der Waals surface area contributed by atoms with E-state index < -0.39 is 6.04 Å². The second-order valence-corrected chi connectivity index (χ2v) is 11.5. The first kappa shape index (κ1) is 26.5. The Hall–Kier alpha value is -1.75. The summed E-state index contributed by atoms with van der Waals surface area (Å²) in [6.45, 7) is 18.6. The van der Waals surface area contributed by atoms with Gasteiger partial charge in [-0.05, 0) is 67.2 Å². The number of nitrogens with two attached hydrogens (primary N) is 1. The van der Waals surface area contributed by atoms with E-state index in [4.69, 9.17) is 10.5 Å². The number of piperidine rings is 1. The van der Waals surface area contributed by atoms with Crippen LogP contribution >= 0.6 is 0 Å². The molecule has 0 aromatic heterocycles. The minimum atomic E-state index is -0.392. The number of benzene rings is 1. The summed E-state index contributed by atoms with van der Waals surface area (Å²) >= 11 is 0. The molecule has 1 fully saturated rings. The molecule has 0 saturated carbocycles. The topological polar surface area (TPSA) is 58.8 Å². The van der Waals surface area contributed by atoms with Gasteiger partial charge >= 0.3 is 0 Å². The zero-order valence-corrected chi connectivity index (χ0v) is 21.6. The average molecular weight is 446 g/mol. The van der Waals surface area contributed by atoms with E-state index in [0.717, 1.165) is 51.1 Å². The Bertz CT molecular complexity index is 694. The molecule has 1 heterocycles. The van der Waals surface area contributed by atoms with Crippen molar-refractivity contribution in [1.29, 1.82) is 0 Å². The fraction of sp³-hybridized carbons (Fsp3) is 0.741. The van der Waals surface area contributed by atoms with Gasteiger partial charge in [-0.1, -0.05) is 48.5 Å². The monoisotopic (exact) mass is 445 g/mol. The number of nitrogens with zero attached hydrogens (tertiary/aromatic N) is 2. The van der Waals surface area contributed by atoms with Gasteiger partial charge in [0.2, 0.25) is 5.91 Å². The minimum Gasteiger partial charge on any atom is -0.493 e. The average Bonchev–Trinajstić information content (AvgIpc) is 2.71. The fourth-order valence-corrected chi connectivity index (χ4v) is 4.21. The van der Waals surface area contributed by atoms with Crippen LogP contribution in [0.3, 0.4) is 0 Å². The molecular weight excluding hydrogens is 398 g/mol. The van der Waals surface area contributed by atoms with E-state index in [2.05, 4.69) is 77.6 Å². The first-order valence-electron chi connectivity index (χ1n) is 12.5. The second kappa shape index (κ2) is 11.9. The summed E-state index contributed by atoms with van der Waals surface area (Å²) in [5, 5.41) is 0. The van der Waals surface area contributed by atoms with E-state index in [-0.39, 0.29) is 11.3 Å². The summed E-state index contributed by atoms with van der Waals surface area (Å²) in [5.41, 5.74) is 7.58. The molecule has 182 valence electrons. The molecule has 0 radical (unpaired) electrons. The van der Waals surface area contributed by atoms with Crippen molar-refractivity contribution >= 4 is 11.6 Å². The summed E-state index contributed by atoms with van der Waals surface area (Å²) in [5.74, 6) is 2.08. The van der Waals surface area contributed by atoms with Crippen molar-refractivity contribution in [2.45, 2.75) is 86.2 Å². The van der Waals surface area contributed by atoms with Crippen molar-refractivity contribution in [2.24, 2.45) is 23.0 Å². The quantitative estimate of drug-likeness (QED) is 0.529. The van der Waals surface area contributed by atoms with Gasteiger partial charge in [0.05, 0.1) is 12.6 Å². The van der Waals surface area contributed by atoms with Crippen LogP contribution < -0.4 is 15.4 Å². The van der Waals surface area contributed by atoms with E-state index in [9.17, 15) is 4.79 Å². The molecule has 0 spiro atoms. The Labute approximate surface area is 196 Å². The van der Waals surface area contributed by atoms with Crippen LogP contribution in [0.1, 0.15) is 74.1 Å². The first-order valence-corrected chi connectivity index (χ1v) is 12.5. The maximum absolute atomic E-state index is 13.0. The van der Waals surface area contributed by atoms with Crippen LogP contribution in [-0.4, -0.2) is 49.1 Å². The highest BCUT2D eigenvalue weighted by Gasteiger charge is 2.30. The summed E-state index contributed by atoms with van der Waals surface area (Å²) in [6.07, 6.45) is 3.99. The number of hydrogen-bond donors (Lipinski definition) is 1. The summed E-state index contributed by atoms with van der Waals surface area (Å²) in [7, 11) is 0. The van der Waals surface area contributed by atoms with Crippen molar-refractivity contribution in [3.8, 4) is 5.75 Å². The largest absolute Gasteiger partial charge is 0.493 e. The Balaban J connectivity index is 2.12. The van der Waals surface area contributed by atoms with Gasteiger partial charge in [-0.3, -0.25) is 4.79 Å². The van der Waals surface area contributed by atoms with Crippen LogP contribution in [0.5, 0.6) is 5.75 Å². The van der Waals surface area contributed by atoms with E-state index >= 15 is 0 Å². The van der Waals surface area contributed by atoms with Crippen LogP contribution in [0.25, 0.3) is 0 Å². The third-order valence-corrected chi connectivity index (χ3v) is 5.98. The summed E-state index contributed by atoms with van der Waals surface area (Å²) in [6, 6.07) is 8.42. The van der Waals surface area contributed by atoms with Gasteiger partial charge < -0.3 is 20.3 Å². The van der Waals surface area contributed by atoms with Gasteiger partial charge in [-0.25, -0.2) is 0 Å². The summed E-state index contributed by atoms with van der Waals surface area (Å²) in [4.78, 5) is 17.5. The molecule has 1 saturated heterocycles. The molecule has 2 atom stereocenters. The Kier molecular flexibility index (Phi) is 9.87. The molecule has 0 aliphatic carbocycles. The molecule has 1 unspecified atom stereocenters. The highest BCUT2D eigenvalue weighted by Crippen LogP contribution is 2.27. The van der Waals surface area contributed by atoms with Crippen molar-refractivity contribution in [2.75, 3.05) is 31.1 Å². The van der Waals surface area contributed by atoms with Crippen molar-refractivity contribution in [1.82, 2.24) is 4.90 Å². The highest BCUT2D eigenvalue weighted by atomic mass is 16.5. The first-order chi connectivity index (χ1) is 15.0. The van der Waals surface area contributed by atoms with Crippen LogP contribution in [-0.2, 0) is 4.79 Å². The maximum Gasteiger partial charge on any atom is 0.239 e. The number of hydrogen-bond acceptors (Lipinski definition) is 4. The zero-order valence-electron chi connectivity index (χ0n) is 21.6. The molecular formula is C27H47N3O2. The number of carbonyl (C=O) groups is 1. The van der Waals surface area contributed by atoms with Crippen molar-refractivity contribution < 1.29 is 9.53 Å². The van der Waals surface area contributed by atoms with Crippen LogP contribution in [0.15, 0.2) is 24.3 Å². The second-order valence-electron chi connectivity index (χ2n) is 11.5. The number of likely N-dealkylation sites (tertiary alicyclic amines) is 1. The van der Waals surface area contributed by atoms with Gasteiger partial charge in [-0.2, -0.15) is 0 Å². The molecule has 2 N–H and O–H groups in total. The predicted octanol–water partition coefficient (Wildman–Crippen LogP) is 5.33. The third kappa shape index (κ3) is 8.65. The predicted molar refractivity (Wildman–Crippen MR) is 135 cm³/mol. The number of rotatable bonds is 10. The van der Waals surface area contributed by atoms with E-state index in [0.29, 0.717) is 24.5 Å². The molecule has 2 rings (SSSR count). The zero-order chi connectivity index (χ0) is 23.9. The van der Waals surface area contributed by atoms with Gasteiger partial charge in [0, 0.05) is 31.4 Å². The van der Waals surface area contributed by atoms with E-state index in [1.807, 2.05) is 4.90 Å². The number of ether oxygens (including phenoxy) is 1. The molecule has 1 aliphatic rings. The maximum atomic E-state index is 13.0. The minimum absolute atomic E-state index is 0.109. The Morgan fingerprint density at radius 3 is 2.38 bits per heavy atom. The van der Waals surface area contributed by atoms with Gasteiger partial charge in [0.25, 0.3) is 0 Å². The molecule has 5 nitrogen and oxygen atoms in total. The molecule has 1 amide bonds. The number of carbonyl (C=O) groups excluding carboxylic acids is 1. The smallest absolute Gasteiger partial charge is 0.239 e. The molecule has 1 aromatic carbocycles. The highest BCUT2D eigenvalue weighted by molar-refractivity contribution is 5.81. The normalized spacial score (nSPS) is 18.2. The lowest BCUT2D eigenvalue weighted by Gasteiger charge is -2.41. The number of anilines is 1. The SMILES string of the molecule is CC(C)CCN(c1ccc(OCC(C)(C)C)cc1)[C@H]1CCCN(C(=O)C(N)CC(C)C)C1. The Morgan fingerprint density at radius 1 is 1.16 bits per heavy atom. The van der Waals surface area contributed by atoms with Gasteiger partial charge in [-0.15, -0.1) is 0 Å². The fourth-order valence-electron chi connectivity index (χ4n) is 4.21. The number of amides is 1. The van der Waals surface area contributed by atoms with Gasteiger partial charge in [0.15, 0.2) is 0 Å². The molecule has 5 heteroatoms. The lowest BCUT2D eigenvalue weighted by Crippen LogP contribution is -2.54. The lowest BCUT2D eigenvalue weighted by molar-refractivity contribution is -0.134.